The largest absolute Gasteiger partial charge is 0.481 e. The Morgan fingerprint density at radius 1 is 1.29 bits per heavy atom. The van der Waals surface area contributed by atoms with Crippen LogP contribution in [0.5, 0.6) is 0 Å². The van der Waals surface area contributed by atoms with Crippen molar-refractivity contribution in [3.63, 3.8) is 0 Å². The fourth-order valence-electron chi connectivity index (χ4n) is 2.41. The molecule has 2 heterocycles. The molecule has 0 atom stereocenters. The summed E-state index contributed by atoms with van der Waals surface area (Å²) in [5.41, 5.74) is 4.05. The Bertz CT molecular complexity index is 794. The van der Waals surface area contributed by atoms with Crippen LogP contribution >= 0.6 is 11.3 Å². The number of carbonyl (C=O) groups is 1. The summed E-state index contributed by atoms with van der Waals surface area (Å²) >= 11 is 1.64. The standard InChI is InChI=1S/C17H15NO2S/c1-11-4-6-14-13(9-11)12(5-7-17(19)20)10-15(18-14)16-3-2-8-21-16/h2-4,6,8-10H,5,7H2,1H3,(H,19,20). The van der Waals surface area contributed by atoms with Crippen molar-refractivity contribution in [1.82, 2.24) is 4.98 Å². The number of thiophene rings is 1. The van der Waals surface area contributed by atoms with E-state index in [1.807, 2.05) is 42.6 Å². The third-order valence-electron chi connectivity index (χ3n) is 3.43. The van der Waals surface area contributed by atoms with E-state index in [0.717, 1.165) is 32.6 Å². The number of pyridine rings is 1. The molecule has 0 unspecified atom stereocenters. The first-order chi connectivity index (χ1) is 10.1. The van der Waals surface area contributed by atoms with Crippen LogP contribution in [0, 0.1) is 6.92 Å². The second kappa shape index (κ2) is 5.66. The van der Waals surface area contributed by atoms with Crippen LogP contribution in [0.15, 0.2) is 41.8 Å². The van der Waals surface area contributed by atoms with Gasteiger partial charge in [-0.1, -0.05) is 17.7 Å². The number of carboxylic acids is 1. The maximum atomic E-state index is 10.9. The zero-order valence-corrected chi connectivity index (χ0v) is 12.5. The van der Waals surface area contributed by atoms with Crippen molar-refractivity contribution in [3.05, 3.63) is 52.9 Å². The van der Waals surface area contributed by atoms with Crippen molar-refractivity contribution in [3.8, 4) is 10.6 Å². The summed E-state index contributed by atoms with van der Waals surface area (Å²) in [7, 11) is 0. The lowest BCUT2D eigenvalue weighted by atomic mass is 10.0. The van der Waals surface area contributed by atoms with E-state index in [2.05, 4.69) is 6.07 Å². The van der Waals surface area contributed by atoms with Crippen molar-refractivity contribution in [2.24, 2.45) is 0 Å². The number of fused-ring (bicyclic) bond motifs is 1. The van der Waals surface area contributed by atoms with Crippen LogP contribution in [0.1, 0.15) is 17.5 Å². The van der Waals surface area contributed by atoms with E-state index in [0.29, 0.717) is 6.42 Å². The summed E-state index contributed by atoms with van der Waals surface area (Å²) in [4.78, 5) is 16.7. The maximum absolute atomic E-state index is 10.9. The van der Waals surface area contributed by atoms with Crippen LogP contribution < -0.4 is 0 Å². The normalized spacial score (nSPS) is 10.9. The summed E-state index contributed by atoms with van der Waals surface area (Å²) < 4.78 is 0. The minimum atomic E-state index is -0.773. The Morgan fingerprint density at radius 2 is 2.14 bits per heavy atom. The van der Waals surface area contributed by atoms with Crippen LogP contribution in [0.2, 0.25) is 0 Å². The Kier molecular flexibility index (Phi) is 3.71. The molecule has 1 aromatic carbocycles. The van der Waals surface area contributed by atoms with Gasteiger partial charge in [0.1, 0.15) is 0 Å². The second-order valence-corrected chi connectivity index (χ2v) is 6.01. The number of benzene rings is 1. The highest BCUT2D eigenvalue weighted by Crippen LogP contribution is 2.29. The summed E-state index contributed by atoms with van der Waals surface area (Å²) in [6, 6.07) is 12.2. The zero-order valence-electron chi connectivity index (χ0n) is 11.7. The first kappa shape index (κ1) is 13.8. The van der Waals surface area contributed by atoms with Crippen LogP contribution in [-0.4, -0.2) is 16.1 Å². The number of aryl methyl sites for hydroxylation is 2. The molecule has 1 N–H and O–H groups in total. The van der Waals surface area contributed by atoms with Crippen molar-refractivity contribution in [1.29, 1.82) is 0 Å². The van der Waals surface area contributed by atoms with Crippen LogP contribution in [0.4, 0.5) is 0 Å². The van der Waals surface area contributed by atoms with Crippen molar-refractivity contribution in [2.45, 2.75) is 19.8 Å². The van der Waals surface area contributed by atoms with E-state index in [1.54, 1.807) is 11.3 Å². The van der Waals surface area contributed by atoms with Gasteiger partial charge in [-0.15, -0.1) is 11.3 Å². The molecule has 3 aromatic rings. The van der Waals surface area contributed by atoms with Gasteiger partial charge < -0.3 is 5.11 Å². The number of rotatable bonds is 4. The molecule has 2 aromatic heterocycles. The highest BCUT2D eigenvalue weighted by Gasteiger charge is 2.10. The molecule has 3 rings (SSSR count). The van der Waals surface area contributed by atoms with Crippen molar-refractivity contribution in [2.75, 3.05) is 0 Å². The average Bonchev–Trinajstić information content (AvgIpc) is 2.98. The topological polar surface area (TPSA) is 50.2 Å². The molecule has 0 amide bonds. The van der Waals surface area contributed by atoms with E-state index in [9.17, 15) is 4.79 Å². The quantitative estimate of drug-likeness (QED) is 0.781. The summed E-state index contributed by atoms with van der Waals surface area (Å²) in [5, 5.41) is 12.0. The van der Waals surface area contributed by atoms with Crippen molar-refractivity contribution >= 4 is 28.2 Å². The lowest BCUT2D eigenvalue weighted by Gasteiger charge is -2.09. The van der Waals surface area contributed by atoms with Crippen LogP contribution in [0.3, 0.4) is 0 Å². The molecule has 0 saturated carbocycles. The average molecular weight is 297 g/mol. The van der Waals surface area contributed by atoms with Gasteiger partial charge in [0.2, 0.25) is 0 Å². The number of nitrogens with zero attached hydrogens (tertiary/aromatic N) is 1. The molecular weight excluding hydrogens is 282 g/mol. The molecule has 0 aliphatic heterocycles. The molecule has 0 spiro atoms. The molecule has 0 aliphatic rings. The summed E-state index contributed by atoms with van der Waals surface area (Å²) in [5.74, 6) is -0.773. The SMILES string of the molecule is Cc1ccc2nc(-c3cccs3)cc(CCC(=O)O)c2c1. The van der Waals surface area contributed by atoms with Gasteiger partial charge >= 0.3 is 5.97 Å². The minimum absolute atomic E-state index is 0.136. The van der Waals surface area contributed by atoms with Gasteiger partial charge in [-0.2, -0.15) is 0 Å². The van der Waals surface area contributed by atoms with Gasteiger partial charge in [-0.05, 0) is 48.6 Å². The van der Waals surface area contributed by atoms with Gasteiger partial charge in [-0.25, -0.2) is 4.98 Å². The molecule has 0 radical (unpaired) electrons. The van der Waals surface area contributed by atoms with E-state index in [1.165, 1.54) is 0 Å². The van der Waals surface area contributed by atoms with Crippen molar-refractivity contribution < 1.29 is 9.90 Å². The van der Waals surface area contributed by atoms with E-state index in [4.69, 9.17) is 10.1 Å². The van der Waals surface area contributed by atoms with Gasteiger partial charge in [-0.3, -0.25) is 4.79 Å². The highest BCUT2D eigenvalue weighted by molar-refractivity contribution is 7.13. The molecular formula is C17H15NO2S. The van der Waals surface area contributed by atoms with E-state index >= 15 is 0 Å². The number of hydrogen-bond donors (Lipinski definition) is 1. The summed E-state index contributed by atoms with van der Waals surface area (Å²) in [6.45, 7) is 2.04. The fraction of sp³-hybridized carbons (Fsp3) is 0.176. The Morgan fingerprint density at radius 3 is 2.86 bits per heavy atom. The summed E-state index contributed by atoms with van der Waals surface area (Å²) in [6.07, 6.45) is 0.660. The van der Waals surface area contributed by atoms with E-state index in [-0.39, 0.29) is 6.42 Å². The first-order valence-corrected chi connectivity index (χ1v) is 7.67. The minimum Gasteiger partial charge on any atom is -0.481 e. The van der Waals surface area contributed by atoms with Gasteiger partial charge in [0.15, 0.2) is 0 Å². The first-order valence-electron chi connectivity index (χ1n) is 6.79. The maximum Gasteiger partial charge on any atom is 0.303 e. The van der Waals surface area contributed by atoms with E-state index < -0.39 is 5.97 Å². The molecule has 21 heavy (non-hydrogen) atoms. The smallest absolute Gasteiger partial charge is 0.303 e. The third-order valence-corrected chi connectivity index (χ3v) is 4.32. The predicted molar refractivity (Wildman–Crippen MR) is 85.7 cm³/mol. The molecule has 0 aliphatic carbocycles. The number of hydrogen-bond acceptors (Lipinski definition) is 3. The van der Waals surface area contributed by atoms with Gasteiger partial charge in [0, 0.05) is 11.8 Å². The third kappa shape index (κ3) is 2.95. The monoisotopic (exact) mass is 297 g/mol. The fourth-order valence-corrected chi connectivity index (χ4v) is 3.09. The molecule has 3 nitrogen and oxygen atoms in total. The lowest BCUT2D eigenvalue weighted by molar-refractivity contribution is -0.136. The predicted octanol–water partition coefficient (Wildman–Crippen LogP) is 4.29. The zero-order chi connectivity index (χ0) is 14.8. The second-order valence-electron chi connectivity index (χ2n) is 5.06. The van der Waals surface area contributed by atoms with Crippen LogP contribution in [-0.2, 0) is 11.2 Å². The molecule has 106 valence electrons. The lowest BCUT2D eigenvalue weighted by Crippen LogP contribution is -1.99. The number of aliphatic carboxylic acids is 1. The van der Waals surface area contributed by atoms with Gasteiger partial charge in [0.25, 0.3) is 0 Å². The molecule has 0 bridgehead atoms. The molecule has 4 heteroatoms. The Hall–Kier alpha value is -2.20. The number of carboxylic acid groups (broad SMARTS) is 1. The highest BCUT2D eigenvalue weighted by atomic mass is 32.1. The van der Waals surface area contributed by atoms with Crippen LogP contribution in [0.25, 0.3) is 21.5 Å². The number of aromatic nitrogens is 1. The molecule has 0 saturated heterocycles. The molecule has 0 fully saturated rings. The van der Waals surface area contributed by atoms with Gasteiger partial charge in [0.05, 0.1) is 16.1 Å². The Labute approximate surface area is 126 Å². The Balaban J connectivity index is 2.15.